The molecule has 1 N–H and O–H groups in total. The number of benzene rings is 1. The minimum atomic E-state index is -0.532. The predicted octanol–water partition coefficient (Wildman–Crippen LogP) is 2.48. The molecule has 94 valence electrons. The monoisotopic (exact) mass is 245 g/mol. The van der Waals surface area contributed by atoms with Gasteiger partial charge in [-0.15, -0.1) is 0 Å². The van der Waals surface area contributed by atoms with Crippen LogP contribution in [0.25, 0.3) is 10.9 Å². The maximum Gasteiger partial charge on any atom is 0.338 e. The summed E-state index contributed by atoms with van der Waals surface area (Å²) in [5.41, 5.74) is 0.338. The summed E-state index contributed by atoms with van der Waals surface area (Å²) in [5.74, 6) is -0.394. The number of aromatic amines is 1. The number of aromatic nitrogens is 1. The normalized spacial score (nSPS) is 11.5. The molecule has 0 radical (unpaired) electrons. The molecule has 2 aromatic rings. The molecule has 0 fully saturated rings. The fourth-order valence-electron chi connectivity index (χ4n) is 1.61. The highest BCUT2D eigenvalue weighted by Gasteiger charge is 2.17. The van der Waals surface area contributed by atoms with Crippen LogP contribution in [0.15, 0.2) is 35.1 Å². The molecule has 18 heavy (non-hydrogen) atoms. The minimum absolute atomic E-state index is 0.191. The van der Waals surface area contributed by atoms with E-state index in [0.29, 0.717) is 11.1 Å². The van der Waals surface area contributed by atoms with E-state index in [1.54, 1.807) is 24.3 Å². The molecule has 1 heterocycles. The van der Waals surface area contributed by atoms with Crippen molar-refractivity contribution in [3.8, 4) is 0 Å². The number of pyridine rings is 1. The lowest BCUT2D eigenvalue weighted by Gasteiger charge is -2.19. The van der Waals surface area contributed by atoms with E-state index in [9.17, 15) is 9.59 Å². The number of esters is 1. The second-order valence-electron chi connectivity index (χ2n) is 5.13. The maximum atomic E-state index is 11.9. The number of carbonyl (C=O) groups is 1. The molecule has 0 aliphatic heterocycles. The Hall–Kier alpha value is -2.10. The lowest BCUT2D eigenvalue weighted by atomic mass is 10.1. The summed E-state index contributed by atoms with van der Waals surface area (Å²) in [4.78, 5) is 25.8. The Bertz CT molecular complexity index is 650. The van der Waals surface area contributed by atoms with E-state index in [4.69, 9.17) is 4.74 Å². The number of carbonyl (C=O) groups excluding carboxylic acids is 1. The van der Waals surface area contributed by atoms with Crippen LogP contribution in [0, 0.1) is 0 Å². The average Bonchev–Trinajstić information content (AvgIpc) is 2.25. The first-order valence-corrected chi connectivity index (χ1v) is 5.72. The zero-order valence-corrected chi connectivity index (χ0v) is 10.6. The van der Waals surface area contributed by atoms with Crippen molar-refractivity contribution in [2.45, 2.75) is 26.4 Å². The molecule has 0 saturated carbocycles. The summed E-state index contributed by atoms with van der Waals surface area (Å²) < 4.78 is 5.27. The van der Waals surface area contributed by atoms with Crippen molar-refractivity contribution < 1.29 is 9.53 Å². The van der Waals surface area contributed by atoms with E-state index in [-0.39, 0.29) is 5.56 Å². The largest absolute Gasteiger partial charge is 0.456 e. The molecule has 4 nitrogen and oxygen atoms in total. The van der Waals surface area contributed by atoms with Crippen LogP contribution in [0.2, 0.25) is 0 Å². The fourth-order valence-corrected chi connectivity index (χ4v) is 1.61. The third kappa shape index (κ3) is 2.77. The van der Waals surface area contributed by atoms with E-state index >= 15 is 0 Å². The van der Waals surface area contributed by atoms with Crippen LogP contribution in [0.3, 0.4) is 0 Å². The Kier molecular flexibility index (Phi) is 2.95. The Morgan fingerprint density at radius 2 is 1.83 bits per heavy atom. The molecule has 0 spiro atoms. The van der Waals surface area contributed by atoms with Gasteiger partial charge in [-0.2, -0.15) is 0 Å². The molecule has 0 bridgehead atoms. The van der Waals surface area contributed by atoms with Gasteiger partial charge in [-0.25, -0.2) is 4.79 Å². The molecule has 0 unspecified atom stereocenters. The van der Waals surface area contributed by atoms with Gasteiger partial charge in [0.15, 0.2) is 0 Å². The van der Waals surface area contributed by atoms with Crippen LogP contribution in [-0.4, -0.2) is 16.6 Å². The number of hydrogen-bond acceptors (Lipinski definition) is 3. The second kappa shape index (κ2) is 4.29. The first kappa shape index (κ1) is 12.4. The Morgan fingerprint density at radius 3 is 2.50 bits per heavy atom. The molecule has 0 aliphatic rings. The molecule has 1 aromatic carbocycles. The third-order valence-electron chi connectivity index (χ3n) is 2.36. The molecular weight excluding hydrogens is 230 g/mol. The molecule has 0 saturated heterocycles. The van der Waals surface area contributed by atoms with Gasteiger partial charge in [0.05, 0.1) is 5.56 Å². The van der Waals surface area contributed by atoms with E-state index in [1.807, 2.05) is 20.8 Å². The lowest BCUT2D eigenvalue weighted by Crippen LogP contribution is -2.23. The Labute approximate surface area is 105 Å². The minimum Gasteiger partial charge on any atom is -0.456 e. The standard InChI is InChI=1S/C14H15NO3/c1-14(2,3)18-13(17)10-5-4-9-6-7-12(16)15-11(9)8-10/h4-8H,1-3H3,(H,15,16). The Morgan fingerprint density at radius 1 is 1.17 bits per heavy atom. The van der Waals surface area contributed by atoms with E-state index in [1.165, 1.54) is 6.07 Å². The van der Waals surface area contributed by atoms with Gasteiger partial charge in [0.1, 0.15) is 5.60 Å². The van der Waals surface area contributed by atoms with Crippen molar-refractivity contribution in [1.82, 2.24) is 4.98 Å². The molecule has 0 atom stereocenters. The molecule has 0 aliphatic carbocycles. The van der Waals surface area contributed by atoms with Gasteiger partial charge < -0.3 is 9.72 Å². The van der Waals surface area contributed by atoms with Gasteiger partial charge in [-0.05, 0) is 44.4 Å². The van der Waals surface area contributed by atoms with Crippen LogP contribution in [-0.2, 0) is 4.74 Å². The fraction of sp³-hybridized carbons (Fsp3) is 0.286. The maximum absolute atomic E-state index is 11.9. The summed E-state index contributed by atoms with van der Waals surface area (Å²) in [6, 6.07) is 8.27. The Balaban J connectivity index is 2.41. The quantitative estimate of drug-likeness (QED) is 0.785. The van der Waals surface area contributed by atoms with Crippen molar-refractivity contribution in [3.05, 3.63) is 46.2 Å². The number of hydrogen-bond donors (Lipinski definition) is 1. The summed E-state index contributed by atoms with van der Waals surface area (Å²) in [6.07, 6.45) is 0. The van der Waals surface area contributed by atoms with Crippen LogP contribution in [0.4, 0.5) is 0 Å². The number of ether oxygens (including phenoxy) is 1. The smallest absolute Gasteiger partial charge is 0.338 e. The van der Waals surface area contributed by atoms with Gasteiger partial charge >= 0.3 is 5.97 Å². The first-order chi connectivity index (χ1) is 8.35. The van der Waals surface area contributed by atoms with E-state index in [0.717, 1.165) is 5.39 Å². The highest BCUT2D eigenvalue weighted by molar-refractivity contribution is 5.94. The molecule has 0 amide bonds. The molecule has 4 heteroatoms. The van der Waals surface area contributed by atoms with E-state index in [2.05, 4.69) is 4.98 Å². The van der Waals surface area contributed by atoms with Crippen molar-refractivity contribution in [3.63, 3.8) is 0 Å². The third-order valence-corrected chi connectivity index (χ3v) is 2.36. The van der Waals surface area contributed by atoms with Crippen LogP contribution in [0.5, 0.6) is 0 Å². The van der Waals surface area contributed by atoms with Gasteiger partial charge in [0.25, 0.3) is 0 Å². The highest BCUT2D eigenvalue weighted by atomic mass is 16.6. The summed E-state index contributed by atoms with van der Waals surface area (Å²) in [7, 11) is 0. The molecular formula is C14H15NO3. The highest BCUT2D eigenvalue weighted by Crippen LogP contribution is 2.16. The van der Waals surface area contributed by atoms with Gasteiger partial charge in [0, 0.05) is 11.6 Å². The number of H-pyrrole nitrogens is 1. The summed E-state index contributed by atoms with van der Waals surface area (Å²) in [6.45, 7) is 5.44. The van der Waals surface area contributed by atoms with Crippen LogP contribution in [0.1, 0.15) is 31.1 Å². The zero-order chi connectivity index (χ0) is 13.3. The second-order valence-corrected chi connectivity index (χ2v) is 5.13. The van der Waals surface area contributed by atoms with Crippen LogP contribution < -0.4 is 5.56 Å². The van der Waals surface area contributed by atoms with Crippen molar-refractivity contribution in [1.29, 1.82) is 0 Å². The van der Waals surface area contributed by atoms with Crippen LogP contribution >= 0.6 is 0 Å². The van der Waals surface area contributed by atoms with Gasteiger partial charge in [-0.1, -0.05) is 6.07 Å². The topological polar surface area (TPSA) is 59.2 Å². The summed E-state index contributed by atoms with van der Waals surface area (Å²) in [5, 5.41) is 0.877. The zero-order valence-electron chi connectivity index (χ0n) is 10.6. The lowest BCUT2D eigenvalue weighted by molar-refractivity contribution is 0.00697. The predicted molar refractivity (Wildman–Crippen MR) is 69.7 cm³/mol. The summed E-state index contributed by atoms with van der Waals surface area (Å²) >= 11 is 0. The van der Waals surface area contributed by atoms with Crippen molar-refractivity contribution in [2.75, 3.05) is 0 Å². The van der Waals surface area contributed by atoms with Crippen molar-refractivity contribution >= 4 is 16.9 Å². The van der Waals surface area contributed by atoms with Gasteiger partial charge in [-0.3, -0.25) is 4.79 Å². The molecule has 1 aromatic heterocycles. The van der Waals surface area contributed by atoms with Gasteiger partial charge in [0.2, 0.25) is 5.56 Å². The average molecular weight is 245 g/mol. The van der Waals surface area contributed by atoms with Crippen molar-refractivity contribution in [2.24, 2.45) is 0 Å². The number of fused-ring (bicyclic) bond motifs is 1. The SMILES string of the molecule is CC(C)(C)OC(=O)c1ccc2ccc(=O)[nH]c2c1. The number of rotatable bonds is 1. The first-order valence-electron chi connectivity index (χ1n) is 5.72. The number of nitrogens with one attached hydrogen (secondary N) is 1. The van der Waals surface area contributed by atoms with E-state index < -0.39 is 11.6 Å². The molecule has 2 rings (SSSR count).